The van der Waals surface area contributed by atoms with Crippen LogP contribution in [0, 0.1) is 35.0 Å². The zero-order valence-electron chi connectivity index (χ0n) is 20.1. The van der Waals surface area contributed by atoms with E-state index in [-0.39, 0.29) is 18.8 Å². The highest BCUT2D eigenvalue weighted by atomic mass is 19.2. The van der Waals surface area contributed by atoms with Crippen LogP contribution in [0.4, 0.5) is 22.0 Å². The Bertz CT molecular complexity index is 1500. The lowest BCUT2D eigenvalue weighted by molar-refractivity contribution is -0.160. The molecule has 12 heteroatoms. The molecule has 1 unspecified atom stereocenters. The largest absolute Gasteiger partial charge is 0.418 e. The Hall–Kier alpha value is -4.19. The molecule has 3 aliphatic rings. The van der Waals surface area contributed by atoms with Crippen LogP contribution in [0.2, 0.25) is 0 Å². The van der Waals surface area contributed by atoms with Crippen LogP contribution in [-0.4, -0.2) is 33.4 Å². The molecule has 3 aromatic rings. The maximum atomic E-state index is 14.3. The molecule has 7 nitrogen and oxygen atoms in total. The van der Waals surface area contributed by atoms with E-state index in [9.17, 15) is 26.7 Å². The van der Waals surface area contributed by atoms with Gasteiger partial charge in [0.05, 0.1) is 28.9 Å². The van der Waals surface area contributed by atoms with Crippen molar-refractivity contribution in [3.05, 3.63) is 94.8 Å². The summed E-state index contributed by atoms with van der Waals surface area (Å²) in [6.45, 7) is 0. The molecule has 6 rings (SSSR count). The van der Waals surface area contributed by atoms with Crippen LogP contribution >= 0.6 is 0 Å². The minimum Gasteiger partial charge on any atom is -0.418 e. The number of rotatable bonds is 4. The van der Waals surface area contributed by atoms with Crippen molar-refractivity contribution in [1.82, 2.24) is 15.4 Å². The van der Waals surface area contributed by atoms with Gasteiger partial charge >= 0.3 is 5.97 Å². The number of halogens is 5. The van der Waals surface area contributed by atoms with Crippen molar-refractivity contribution in [2.24, 2.45) is 11.0 Å². The highest BCUT2D eigenvalue weighted by Gasteiger charge is 2.54. The number of hydrogen-bond acceptors (Lipinski definition) is 7. The Morgan fingerprint density at radius 2 is 1.49 bits per heavy atom. The third-order valence-corrected chi connectivity index (χ3v) is 7.23. The van der Waals surface area contributed by atoms with Gasteiger partial charge in [-0.05, 0) is 55.5 Å². The lowest BCUT2D eigenvalue weighted by Gasteiger charge is -2.30. The van der Waals surface area contributed by atoms with E-state index >= 15 is 0 Å². The first-order valence-electron chi connectivity index (χ1n) is 12.1. The zero-order chi connectivity index (χ0) is 27.3. The Labute approximate surface area is 218 Å². The number of hydrazone groups is 1. The minimum atomic E-state index is -2.35. The van der Waals surface area contributed by atoms with Crippen LogP contribution in [0.3, 0.4) is 0 Å². The predicted octanol–water partition coefficient (Wildman–Crippen LogP) is 4.82. The van der Waals surface area contributed by atoms with Crippen molar-refractivity contribution < 1.29 is 36.2 Å². The number of carbonyl (C=O) groups is 1. The Balaban J connectivity index is 1.39. The van der Waals surface area contributed by atoms with E-state index < -0.39 is 52.5 Å². The lowest BCUT2D eigenvalue weighted by Crippen LogP contribution is -2.42. The van der Waals surface area contributed by atoms with Crippen LogP contribution in [0.5, 0.6) is 5.75 Å². The molecule has 0 spiro atoms. The van der Waals surface area contributed by atoms with Gasteiger partial charge in [0.15, 0.2) is 5.60 Å². The van der Waals surface area contributed by atoms with E-state index in [4.69, 9.17) is 9.47 Å². The third kappa shape index (κ3) is 4.06. The van der Waals surface area contributed by atoms with E-state index in [1.54, 1.807) is 36.7 Å². The Kier molecular flexibility index (Phi) is 6.13. The maximum absolute atomic E-state index is 14.3. The molecule has 0 amide bonds. The summed E-state index contributed by atoms with van der Waals surface area (Å²) < 4.78 is 80.6. The molecule has 1 aromatic carbocycles. The molecule has 2 fully saturated rings. The number of nitrogens with zero attached hydrogens (tertiary/aromatic N) is 3. The normalized spacial score (nSPS) is 24.0. The van der Waals surface area contributed by atoms with Gasteiger partial charge in [-0.1, -0.05) is 12.1 Å². The number of carbonyl (C=O) groups excluding carboxylic acids is 1. The number of pyridine rings is 2. The standard InChI is InChI=1S/C27H19F5N4O3/c28-18-19(29)21(31)25(22(32)20(18)30)38-26(37)27-9-7-13-17(16(39-27)8-10-27)24(15-6-2-4-12-34-15)36-35-23(13)14-5-1-3-11-33-14/h1-6,11-13,16,36H,7-10H2/t13?,16-,27+/m1/s1. The molecular weight excluding hydrogens is 523 g/mol. The van der Waals surface area contributed by atoms with E-state index in [0.29, 0.717) is 35.6 Å². The molecule has 1 N–H and O–H groups in total. The van der Waals surface area contributed by atoms with Crippen molar-refractivity contribution in [2.45, 2.75) is 37.4 Å². The molecule has 2 saturated heterocycles. The summed E-state index contributed by atoms with van der Waals surface area (Å²) in [6.07, 6.45) is 3.35. The van der Waals surface area contributed by atoms with Gasteiger partial charge in [-0.15, -0.1) is 0 Å². The molecule has 0 saturated carbocycles. The molecule has 3 aliphatic heterocycles. The van der Waals surface area contributed by atoms with Crippen LogP contribution in [-0.2, 0) is 9.53 Å². The van der Waals surface area contributed by atoms with Crippen molar-refractivity contribution in [3.8, 4) is 5.75 Å². The summed E-state index contributed by atoms with van der Waals surface area (Å²) >= 11 is 0. The van der Waals surface area contributed by atoms with E-state index in [1.165, 1.54) is 0 Å². The zero-order valence-corrected chi connectivity index (χ0v) is 20.1. The number of hydrogen-bond donors (Lipinski definition) is 1. The number of fused-ring (bicyclic) bond motifs is 4. The fourth-order valence-electron chi connectivity index (χ4n) is 5.37. The molecule has 200 valence electrons. The highest BCUT2D eigenvalue weighted by molar-refractivity contribution is 6.04. The van der Waals surface area contributed by atoms with Gasteiger partial charge < -0.3 is 9.47 Å². The summed E-state index contributed by atoms with van der Waals surface area (Å²) in [5.41, 5.74) is 4.54. The van der Waals surface area contributed by atoms with Gasteiger partial charge in [-0.25, -0.2) is 18.0 Å². The van der Waals surface area contributed by atoms with Crippen molar-refractivity contribution in [1.29, 1.82) is 0 Å². The average Bonchev–Trinajstić information content (AvgIpc) is 3.33. The average molecular weight is 542 g/mol. The molecule has 0 radical (unpaired) electrons. The lowest BCUT2D eigenvalue weighted by atomic mass is 9.77. The second kappa shape index (κ2) is 9.53. The number of nitrogens with one attached hydrogen (secondary N) is 1. The van der Waals surface area contributed by atoms with E-state index in [2.05, 4.69) is 20.5 Å². The van der Waals surface area contributed by atoms with Crippen molar-refractivity contribution >= 4 is 17.4 Å². The van der Waals surface area contributed by atoms with Gasteiger partial charge in [0.25, 0.3) is 0 Å². The van der Waals surface area contributed by atoms with Gasteiger partial charge in [0, 0.05) is 18.3 Å². The quantitative estimate of drug-likeness (QED) is 0.167. The monoisotopic (exact) mass is 542 g/mol. The van der Waals surface area contributed by atoms with Gasteiger partial charge in [-0.2, -0.15) is 13.9 Å². The number of aromatic nitrogens is 2. The van der Waals surface area contributed by atoms with Gasteiger partial charge in [0.1, 0.15) is 0 Å². The smallest absolute Gasteiger partial charge is 0.344 e. The van der Waals surface area contributed by atoms with Crippen molar-refractivity contribution in [2.75, 3.05) is 0 Å². The maximum Gasteiger partial charge on any atom is 0.344 e. The SMILES string of the molecule is O=C(Oc1c(F)c(F)c(F)c(F)c1F)[C@]12CCC3C(c4ccccn4)=NNC(c4ccccn4)=C3[C@@H](CC1)O2. The summed E-state index contributed by atoms with van der Waals surface area (Å²) in [6, 6.07) is 10.7. The molecule has 3 atom stereocenters. The summed E-state index contributed by atoms with van der Waals surface area (Å²) in [5.74, 6) is -14.5. The number of ether oxygens (including phenoxy) is 2. The molecular formula is C27H19F5N4O3. The fourth-order valence-corrected chi connectivity index (χ4v) is 5.37. The van der Waals surface area contributed by atoms with Gasteiger partial charge in [-0.3, -0.25) is 15.4 Å². The molecule has 2 bridgehead atoms. The first-order valence-corrected chi connectivity index (χ1v) is 12.1. The number of benzene rings is 1. The van der Waals surface area contributed by atoms with Crippen LogP contribution in [0.25, 0.3) is 5.70 Å². The van der Waals surface area contributed by atoms with Crippen LogP contribution in [0.15, 0.2) is 59.5 Å². The first kappa shape index (κ1) is 25.1. The van der Waals surface area contributed by atoms with Crippen molar-refractivity contribution in [3.63, 3.8) is 0 Å². The molecule has 0 aliphatic carbocycles. The van der Waals surface area contributed by atoms with Crippen LogP contribution in [0.1, 0.15) is 37.1 Å². The minimum absolute atomic E-state index is 0.0350. The first-order chi connectivity index (χ1) is 18.8. The third-order valence-electron chi connectivity index (χ3n) is 7.23. The summed E-state index contributed by atoms with van der Waals surface area (Å²) in [5, 5.41) is 4.57. The second-order valence-corrected chi connectivity index (χ2v) is 9.39. The summed E-state index contributed by atoms with van der Waals surface area (Å²) in [7, 11) is 0. The molecule has 39 heavy (non-hydrogen) atoms. The summed E-state index contributed by atoms with van der Waals surface area (Å²) in [4.78, 5) is 22.1. The number of esters is 1. The van der Waals surface area contributed by atoms with E-state index in [0.717, 1.165) is 5.57 Å². The van der Waals surface area contributed by atoms with Gasteiger partial charge in [0.2, 0.25) is 34.8 Å². The van der Waals surface area contributed by atoms with Crippen LogP contribution < -0.4 is 10.2 Å². The fraction of sp³-hybridized carbons (Fsp3) is 0.259. The van der Waals surface area contributed by atoms with E-state index in [1.807, 2.05) is 12.1 Å². The Morgan fingerprint density at radius 3 is 2.13 bits per heavy atom. The highest BCUT2D eigenvalue weighted by Crippen LogP contribution is 2.48. The predicted molar refractivity (Wildman–Crippen MR) is 126 cm³/mol. The second-order valence-electron chi connectivity index (χ2n) is 9.39. The molecule has 2 aromatic heterocycles. The topological polar surface area (TPSA) is 85.7 Å². The molecule has 5 heterocycles. The Morgan fingerprint density at radius 1 is 0.872 bits per heavy atom.